The van der Waals surface area contributed by atoms with Crippen LogP contribution in [-0.2, 0) is 4.79 Å². The van der Waals surface area contributed by atoms with E-state index in [1.165, 1.54) is 12.8 Å². The molecular formula is C20H30ClN3O2. The fraction of sp³-hybridized carbons (Fsp3) is 0.600. The summed E-state index contributed by atoms with van der Waals surface area (Å²) in [5, 5.41) is 6.49. The molecule has 2 N–H and O–H groups in total. The first-order valence-corrected chi connectivity index (χ1v) is 9.48. The van der Waals surface area contributed by atoms with E-state index in [0.717, 1.165) is 44.6 Å². The highest BCUT2D eigenvalue weighted by Crippen LogP contribution is 2.19. The molecule has 2 heterocycles. The molecule has 2 saturated heterocycles. The molecule has 6 heteroatoms. The fourth-order valence-electron chi connectivity index (χ4n) is 3.74. The average Bonchev–Trinajstić information content (AvgIpc) is 2.67. The highest BCUT2D eigenvalue weighted by Gasteiger charge is 2.29. The van der Waals surface area contributed by atoms with Gasteiger partial charge in [0.15, 0.2) is 0 Å². The third kappa shape index (κ3) is 5.45. The zero-order valence-corrected chi connectivity index (χ0v) is 16.3. The first-order valence-electron chi connectivity index (χ1n) is 9.48. The number of nitrogens with one attached hydrogen (secondary N) is 2. The Hall–Kier alpha value is -1.59. The highest BCUT2D eigenvalue weighted by molar-refractivity contribution is 5.94. The number of piperidine rings is 2. The van der Waals surface area contributed by atoms with E-state index >= 15 is 0 Å². The molecule has 26 heavy (non-hydrogen) atoms. The van der Waals surface area contributed by atoms with Crippen LogP contribution in [0.15, 0.2) is 24.3 Å². The molecular weight excluding hydrogens is 350 g/mol. The Balaban J connectivity index is 0.00000243. The first-order chi connectivity index (χ1) is 12.1. The number of amides is 2. The van der Waals surface area contributed by atoms with Crippen molar-refractivity contribution in [1.82, 2.24) is 15.5 Å². The molecule has 2 aliphatic rings. The van der Waals surface area contributed by atoms with Gasteiger partial charge in [0.1, 0.15) is 0 Å². The predicted molar refractivity (Wildman–Crippen MR) is 106 cm³/mol. The van der Waals surface area contributed by atoms with Crippen LogP contribution in [0.4, 0.5) is 0 Å². The molecule has 0 radical (unpaired) electrons. The quantitative estimate of drug-likeness (QED) is 0.844. The van der Waals surface area contributed by atoms with Crippen molar-refractivity contribution in [2.45, 2.75) is 32.6 Å². The van der Waals surface area contributed by atoms with Crippen molar-refractivity contribution >= 4 is 24.2 Å². The average molecular weight is 380 g/mol. The van der Waals surface area contributed by atoms with Crippen LogP contribution < -0.4 is 10.6 Å². The van der Waals surface area contributed by atoms with E-state index in [1.54, 1.807) is 0 Å². The number of carbonyl (C=O) groups is 2. The number of hydrogen-bond donors (Lipinski definition) is 2. The summed E-state index contributed by atoms with van der Waals surface area (Å²) >= 11 is 0. The summed E-state index contributed by atoms with van der Waals surface area (Å²) in [5.74, 6) is 0.590. The lowest BCUT2D eigenvalue weighted by molar-refractivity contribution is -0.126. The Morgan fingerprint density at radius 1 is 1.19 bits per heavy atom. The van der Waals surface area contributed by atoms with Gasteiger partial charge in [-0.2, -0.15) is 0 Å². The van der Waals surface area contributed by atoms with Crippen LogP contribution in [0.5, 0.6) is 0 Å². The van der Waals surface area contributed by atoms with Crippen LogP contribution in [0, 0.1) is 18.8 Å². The van der Waals surface area contributed by atoms with Crippen molar-refractivity contribution in [3.8, 4) is 0 Å². The molecule has 2 atom stereocenters. The minimum absolute atomic E-state index is 0. The number of nitrogens with zero attached hydrogens (tertiary/aromatic N) is 1. The molecule has 1 aromatic rings. The molecule has 0 aliphatic carbocycles. The summed E-state index contributed by atoms with van der Waals surface area (Å²) in [7, 11) is 0. The lowest BCUT2D eigenvalue weighted by Crippen LogP contribution is -2.47. The molecule has 2 unspecified atom stereocenters. The smallest absolute Gasteiger partial charge is 0.253 e. The van der Waals surface area contributed by atoms with Gasteiger partial charge < -0.3 is 15.5 Å². The van der Waals surface area contributed by atoms with E-state index in [1.807, 2.05) is 36.1 Å². The molecule has 5 nitrogen and oxygen atoms in total. The maximum atomic E-state index is 12.7. The number of carbonyl (C=O) groups excluding carboxylic acids is 2. The Bertz CT molecular complexity index is 600. The lowest BCUT2D eigenvalue weighted by atomic mass is 9.95. The largest absolute Gasteiger partial charge is 0.355 e. The van der Waals surface area contributed by atoms with Gasteiger partial charge in [-0.05, 0) is 63.7 Å². The predicted octanol–water partition coefficient (Wildman–Crippen LogP) is 2.38. The van der Waals surface area contributed by atoms with Crippen LogP contribution in [0.1, 0.15) is 41.6 Å². The second-order valence-electron chi connectivity index (χ2n) is 7.41. The summed E-state index contributed by atoms with van der Waals surface area (Å²) in [5.41, 5.74) is 1.85. The van der Waals surface area contributed by atoms with E-state index in [-0.39, 0.29) is 30.1 Å². The maximum absolute atomic E-state index is 12.7. The van der Waals surface area contributed by atoms with E-state index in [4.69, 9.17) is 0 Å². The van der Waals surface area contributed by atoms with Crippen molar-refractivity contribution in [1.29, 1.82) is 0 Å². The summed E-state index contributed by atoms with van der Waals surface area (Å²) in [4.78, 5) is 27.0. The number of benzene rings is 1. The molecule has 2 aliphatic heterocycles. The standard InChI is InChI=1S/C20H29N3O2.ClH/c1-15-6-8-17(9-7-15)20(25)23-11-3-5-18(14-23)19(24)22-13-16-4-2-10-21-12-16;/h6-9,16,18,21H,2-5,10-14H2,1H3,(H,22,24);1H. The van der Waals surface area contributed by atoms with Gasteiger partial charge in [0, 0.05) is 25.2 Å². The maximum Gasteiger partial charge on any atom is 0.253 e. The van der Waals surface area contributed by atoms with Gasteiger partial charge in [0.25, 0.3) is 5.91 Å². The van der Waals surface area contributed by atoms with Crippen LogP contribution >= 0.6 is 12.4 Å². The topological polar surface area (TPSA) is 61.4 Å². The molecule has 144 valence electrons. The van der Waals surface area contributed by atoms with Crippen molar-refractivity contribution in [3.63, 3.8) is 0 Å². The number of rotatable bonds is 4. The van der Waals surface area contributed by atoms with E-state index in [9.17, 15) is 9.59 Å². The molecule has 0 spiro atoms. The van der Waals surface area contributed by atoms with Gasteiger partial charge in [-0.25, -0.2) is 0 Å². The van der Waals surface area contributed by atoms with Gasteiger partial charge in [0.2, 0.25) is 5.91 Å². The highest BCUT2D eigenvalue weighted by atomic mass is 35.5. The summed E-state index contributed by atoms with van der Waals surface area (Å²) in [6.07, 6.45) is 4.12. The van der Waals surface area contributed by atoms with Crippen LogP contribution in [0.25, 0.3) is 0 Å². The Morgan fingerprint density at radius 2 is 1.96 bits per heavy atom. The van der Waals surface area contributed by atoms with Crippen molar-refractivity contribution in [3.05, 3.63) is 35.4 Å². The number of hydrogen-bond acceptors (Lipinski definition) is 3. The Morgan fingerprint density at radius 3 is 2.65 bits per heavy atom. The first kappa shape index (κ1) is 20.7. The van der Waals surface area contributed by atoms with E-state index < -0.39 is 0 Å². The minimum Gasteiger partial charge on any atom is -0.355 e. The van der Waals surface area contributed by atoms with Crippen LogP contribution in [0.3, 0.4) is 0 Å². The molecule has 2 amide bonds. The third-order valence-corrected chi connectivity index (χ3v) is 5.34. The van der Waals surface area contributed by atoms with Gasteiger partial charge in [-0.15, -0.1) is 12.4 Å². The van der Waals surface area contributed by atoms with Crippen LogP contribution in [-0.4, -0.2) is 49.4 Å². The summed E-state index contributed by atoms with van der Waals surface area (Å²) in [6, 6.07) is 7.66. The monoisotopic (exact) mass is 379 g/mol. The molecule has 1 aromatic carbocycles. The van der Waals surface area contributed by atoms with Crippen LogP contribution in [0.2, 0.25) is 0 Å². The van der Waals surface area contributed by atoms with E-state index in [0.29, 0.717) is 18.0 Å². The SMILES string of the molecule is Cc1ccc(C(=O)N2CCCC(C(=O)NCC3CCCNC3)C2)cc1.Cl. The van der Waals surface area contributed by atoms with Gasteiger partial charge in [-0.3, -0.25) is 9.59 Å². The van der Waals surface area contributed by atoms with Gasteiger partial charge in [0.05, 0.1) is 5.92 Å². The third-order valence-electron chi connectivity index (χ3n) is 5.34. The molecule has 2 fully saturated rings. The summed E-state index contributed by atoms with van der Waals surface area (Å²) in [6.45, 7) is 6.10. The summed E-state index contributed by atoms with van der Waals surface area (Å²) < 4.78 is 0. The van der Waals surface area contributed by atoms with Gasteiger partial charge in [-0.1, -0.05) is 17.7 Å². The fourth-order valence-corrected chi connectivity index (χ4v) is 3.74. The second kappa shape index (κ2) is 9.93. The second-order valence-corrected chi connectivity index (χ2v) is 7.41. The molecule has 3 rings (SSSR count). The molecule has 0 saturated carbocycles. The van der Waals surface area contributed by atoms with Gasteiger partial charge >= 0.3 is 0 Å². The lowest BCUT2D eigenvalue weighted by Gasteiger charge is -2.32. The Labute approximate surface area is 162 Å². The Kier molecular flexibility index (Phi) is 7.91. The van der Waals surface area contributed by atoms with Crippen molar-refractivity contribution in [2.75, 3.05) is 32.7 Å². The molecule has 0 bridgehead atoms. The van der Waals surface area contributed by atoms with Crippen molar-refractivity contribution in [2.24, 2.45) is 11.8 Å². The zero-order valence-electron chi connectivity index (χ0n) is 15.5. The zero-order chi connectivity index (χ0) is 17.6. The number of likely N-dealkylation sites (tertiary alicyclic amines) is 1. The normalized spacial score (nSPS) is 23.0. The minimum atomic E-state index is -0.0836. The number of halogens is 1. The molecule has 0 aromatic heterocycles. The van der Waals surface area contributed by atoms with Crippen molar-refractivity contribution < 1.29 is 9.59 Å². The van der Waals surface area contributed by atoms with E-state index in [2.05, 4.69) is 10.6 Å². The number of aryl methyl sites for hydroxylation is 1.